The van der Waals surface area contributed by atoms with Crippen LogP contribution < -0.4 is 11.4 Å². The highest BCUT2D eigenvalue weighted by Gasteiger charge is 2.13. The number of fused-ring (bicyclic) bond motifs is 3. The Labute approximate surface area is 132 Å². The van der Waals surface area contributed by atoms with E-state index in [1.807, 2.05) is 55.5 Å². The van der Waals surface area contributed by atoms with Crippen LogP contribution in [0, 0.1) is 6.92 Å². The van der Waals surface area contributed by atoms with Crippen molar-refractivity contribution in [2.75, 3.05) is 5.73 Å². The van der Waals surface area contributed by atoms with Gasteiger partial charge in [-0.2, -0.15) is 0 Å². The van der Waals surface area contributed by atoms with E-state index in [2.05, 4.69) is 4.98 Å². The van der Waals surface area contributed by atoms with Gasteiger partial charge in [-0.3, -0.25) is 0 Å². The minimum atomic E-state index is -0.459. The smallest absolute Gasteiger partial charge is 0.347 e. The van der Waals surface area contributed by atoms with Gasteiger partial charge < -0.3 is 10.2 Å². The largest absolute Gasteiger partial charge is 0.422 e. The molecule has 0 saturated carbocycles. The molecule has 2 aromatic carbocycles. The van der Waals surface area contributed by atoms with Gasteiger partial charge in [0.15, 0.2) is 0 Å². The van der Waals surface area contributed by atoms with Crippen molar-refractivity contribution in [3.05, 3.63) is 70.6 Å². The number of nitrogen functional groups attached to an aromatic ring is 1. The Morgan fingerprint density at radius 3 is 2.52 bits per heavy atom. The molecule has 0 atom stereocenters. The maximum absolute atomic E-state index is 12.2. The molecule has 23 heavy (non-hydrogen) atoms. The summed E-state index contributed by atoms with van der Waals surface area (Å²) in [6.45, 7) is 2.03. The maximum atomic E-state index is 12.2. The van der Waals surface area contributed by atoms with Gasteiger partial charge in [-0.05, 0) is 19.1 Å². The van der Waals surface area contributed by atoms with Crippen LogP contribution >= 0.6 is 0 Å². The third-order valence-electron chi connectivity index (χ3n) is 3.98. The third-order valence-corrected chi connectivity index (χ3v) is 3.98. The lowest BCUT2D eigenvalue weighted by atomic mass is 10.0. The molecule has 0 amide bonds. The van der Waals surface area contributed by atoms with E-state index >= 15 is 0 Å². The average molecular weight is 302 g/mol. The summed E-state index contributed by atoms with van der Waals surface area (Å²) in [6, 6.07) is 17.4. The zero-order chi connectivity index (χ0) is 16.0. The number of hydrogen-bond donors (Lipinski definition) is 1. The topological polar surface area (TPSA) is 69.1 Å². The van der Waals surface area contributed by atoms with Gasteiger partial charge in [-0.25, -0.2) is 9.78 Å². The van der Waals surface area contributed by atoms with Crippen molar-refractivity contribution in [3.63, 3.8) is 0 Å². The van der Waals surface area contributed by atoms with Crippen LogP contribution in [-0.2, 0) is 0 Å². The number of para-hydroxylation sites is 1. The summed E-state index contributed by atoms with van der Waals surface area (Å²) in [5, 5.41) is 1.95. The molecule has 0 bridgehead atoms. The van der Waals surface area contributed by atoms with Gasteiger partial charge in [0.2, 0.25) is 0 Å². The first-order valence-corrected chi connectivity index (χ1v) is 7.32. The molecule has 112 valence electrons. The molecule has 2 aromatic heterocycles. The molecule has 0 saturated heterocycles. The predicted molar refractivity (Wildman–Crippen MR) is 92.4 cm³/mol. The summed E-state index contributed by atoms with van der Waals surface area (Å²) in [5.74, 6) is 0.192. The van der Waals surface area contributed by atoms with Gasteiger partial charge in [0.05, 0.1) is 5.69 Å². The van der Waals surface area contributed by atoms with Crippen molar-refractivity contribution in [1.29, 1.82) is 0 Å². The van der Waals surface area contributed by atoms with Crippen molar-refractivity contribution in [3.8, 4) is 11.3 Å². The SMILES string of the molecule is Cc1ccc(-c2cc3c(c(N)n2)c(=O)oc2ccccc23)cc1. The quantitative estimate of drug-likeness (QED) is 0.427. The number of pyridine rings is 1. The first-order chi connectivity index (χ1) is 11.1. The van der Waals surface area contributed by atoms with E-state index in [0.29, 0.717) is 11.0 Å². The number of nitrogens with zero attached hydrogens (tertiary/aromatic N) is 1. The third kappa shape index (κ3) is 2.16. The van der Waals surface area contributed by atoms with E-state index in [1.54, 1.807) is 6.07 Å². The Bertz CT molecular complexity index is 1100. The van der Waals surface area contributed by atoms with Gasteiger partial charge in [-0.1, -0.05) is 48.0 Å². The van der Waals surface area contributed by atoms with Crippen molar-refractivity contribution < 1.29 is 4.42 Å². The van der Waals surface area contributed by atoms with E-state index in [4.69, 9.17) is 10.2 Å². The van der Waals surface area contributed by atoms with Gasteiger partial charge in [0.25, 0.3) is 0 Å². The van der Waals surface area contributed by atoms with E-state index < -0.39 is 5.63 Å². The summed E-state index contributed by atoms with van der Waals surface area (Å²) < 4.78 is 5.34. The predicted octanol–water partition coefficient (Wildman–Crippen LogP) is 3.90. The molecule has 0 fully saturated rings. The first kappa shape index (κ1) is 13.5. The van der Waals surface area contributed by atoms with E-state index in [0.717, 1.165) is 22.0 Å². The molecule has 0 aliphatic heterocycles. The van der Waals surface area contributed by atoms with Crippen LogP contribution in [-0.4, -0.2) is 4.98 Å². The lowest BCUT2D eigenvalue weighted by molar-refractivity contribution is 0.570. The monoisotopic (exact) mass is 302 g/mol. The highest BCUT2D eigenvalue weighted by molar-refractivity contribution is 6.08. The summed E-state index contributed by atoms with van der Waals surface area (Å²) in [5.41, 5.74) is 9.01. The number of benzene rings is 2. The molecule has 4 heteroatoms. The molecule has 0 spiro atoms. The van der Waals surface area contributed by atoms with E-state index in [-0.39, 0.29) is 5.82 Å². The summed E-state index contributed by atoms with van der Waals surface area (Å²) in [6.07, 6.45) is 0. The second kappa shape index (κ2) is 4.95. The van der Waals surface area contributed by atoms with Gasteiger partial charge in [0.1, 0.15) is 16.8 Å². The number of rotatable bonds is 1. The minimum Gasteiger partial charge on any atom is -0.422 e. The molecule has 4 aromatic rings. The normalized spacial score (nSPS) is 11.2. The van der Waals surface area contributed by atoms with Crippen molar-refractivity contribution in [1.82, 2.24) is 4.98 Å². The van der Waals surface area contributed by atoms with E-state index in [9.17, 15) is 4.79 Å². The Kier molecular flexibility index (Phi) is 2.91. The molecular formula is C19H14N2O2. The Balaban J connectivity index is 2.11. The molecule has 0 unspecified atom stereocenters. The molecule has 2 N–H and O–H groups in total. The highest BCUT2D eigenvalue weighted by atomic mass is 16.4. The second-order valence-electron chi connectivity index (χ2n) is 5.57. The summed E-state index contributed by atoms with van der Waals surface area (Å²) in [4.78, 5) is 16.6. The highest BCUT2D eigenvalue weighted by Crippen LogP contribution is 2.29. The molecule has 0 aliphatic rings. The van der Waals surface area contributed by atoms with Crippen LogP contribution in [0.4, 0.5) is 5.82 Å². The van der Waals surface area contributed by atoms with Crippen molar-refractivity contribution >= 4 is 27.6 Å². The minimum absolute atomic E-state index is 0.192. The lowest BCUT2D eigenvalue weighted by Crippen LogP contribution is -2.06. The molecule has 2 heterocycles. The van der Waals surface area contributed by atoms with Gasteiger partial charge in [0, 0.05) is 16.3 Å². The fourth-order valence-electron chi connectivity index (χ4n) is 2.79. The van der Waals surface area contributed by atoms with Crippen LogP contribution in [0.2, 0.25) is 0 Å². The van der Waals surface area contributed by atoms with Crippen LogP contribution in [0.5, 0.6) is 0 Å². The number of aryl methyl sites for hydroxylation is 1. The average Bonchev–Trinajstić information content (AvgIpc) is 2.55. The van der Waals surface area contributed by atoms with Crippen molar-refractivity contribution in [2.45, 2.75) is 6.92 Å². The fourth-order valence-corrected chi connectivity index (χ4v) is 2.79. The molecule has 0 radical (unpaired) electrons. The molecule has 4 nitrogen and oxygen atoms in total. The number of hydrogen-bond acceptors (Lipinski definition) is 4. The Morgan fingerprint density at radius 1 is 1.00 bits per heavy atom. The molecule has 4 rings (SSSR count). The molecule has 0 aliphatic carbocycles. The van der Waals surface area contributed by atoms with Crippen molar-refractivity contribution in [2.24, 2.45) is 0 Å². The first-order valence-electron chi connectivity index (χ1n) is 7.32. The van der Waals surface area contributed by atoms with Gasteiger partial charge in [-0.15, -0.1) is 0 Å². The zero-order valence-corrected chi connectivity index (χ0v) is 12.5. The van der Waals surface area contributed by atoms with Crippen LogP contribution in [0.15, 0.2) is 63.8 Å². The Morgan fingerprint density at radius 2 is 1.74 bits per heavy atom. The number of aromatic nitrogens is 1. The van der Waals surface area contributed by atoms with Crippen LogP contribution in [0.25, 0.3) is 33.0 Å². The fraction of sp³-hybridized carbons (Fsp3) is 0.0526. The number of nitrogens with two attached hydrogens (primary N) is 1. The zero-order valence-electron chi connectivity index (χ0n) is 12.5. The number of anilines is 1. The molecular weight excluding hydrogens is 288 g/mol. The standard InChI is InChI=1S/C19H14N2O2/c1-11-6-8-12(9-7-11)15-10-14-13-4-2-3-5-16(13)23-19(22)17(14)18(20)21-15/h2-10H,1H3,(H2,20,21). The second-order valence-corrected chi connectivity index (χ2v) is 5.57. The lowest BCUT2D eigenvalue weighted by Gasteiger charge is -2.08. The van der Waals surface area contributed by atoms with Crippen LogP contribution in [0.1, 0.15) is 5.56 Å². The van der Waals surface area contributed by atoms with E-state index in [1.165, 1.54) is 5.56 Å². The van der Waals surface area contributed by atoms with Crippen LogP contribution in [0.3, 0.4) is 0 Å². The summed E-state index contributed by atoms with van der Waals surface area (Å²) >= 11 is 0. The van der Waals surface area contributed by atoms with Gasteiger partial charge >= 0.3 is 5.63 Å². The maximum Gasteiger partial charge on any atom is 0.347 e. The Hall–Kier alpha value is -3.14. The summed E-state index contributed by atoms with van der Waals surface area (Å²) in [7, 11) is 0.